The van der Waals surface area contributed by atoms with Crippen LogP contribution in [0.2, 0.25) is 0 Å². The molecule has 3 atom stereocenters. The minimum atomic E-state index is -1.48. The van der Waals surface area contributed by atoms with E-state index in [-0.39, 0.29) is 35.4 Å². The zero-order valence-electron chi connectivity index (χ0n) is 12.6. The maximum absolute atomic E-state index is 14.4. The average molecular weight is 354 g/mol. The fraction of sp³-hybridized carbons (Fsp3) is 0.400. The maximum Gasteiger partial charge on any atom is 0.415 e. The van der Waals surface area contributed by atoms with Crippen LogP contribution in [-0.2, 0) is 25.1 Å². The summed E-state index contributed by atoms with van der Waals surface area (Å²) in [6.07, 6.45) is -1.33. The number of amides is 2. The molecule has 1 aromatic carbocycles. The molecule has 2 fully saturated rings. The lowest BCUT2D eigenvalue weighted by Crippen LogP contribution is -2.32. The Bertz CT molecular complexity index is 753. The number of nitrogens with zero attached hydrogens (tertiary/aromatic N) is 1. The first-order valence-electron chi connectivity index (χ1n) is 7.35. The lowest BCUT2D eigenvalue weighted by molar-refractivity contribution is -0.124. The predicted octanol–water partition coefficient (Wildman–Crippen LogP) is 0.789. The van der Waals surface area contributed by atoms with Crippen LogP contribution < -0.4 is 10.6 Å². The molecule has 2 aliphatic heterocycles. The van der Waals surface area contributed by atoms with E-state index >= 15 is 0 Å². The predicted molar refractivity (Wildman–Crippen MR) is 83.2 cm³/mol. The molecule has 2 aliphatic rings. The van der Waals surface area contributed by atoms with Gasteiger partial charge in [0.1, 0.15) is 5.82 Å². The number of halogens is 1. The van der Waals surface area contributed by atoms with Gasteiger partial charge in [-0.2, -0.15) is 0 Å². The number of hydrogen-bond acceptors (Lipinski definition) is 5. The summed E-state index contributed by atoms with van der Waals surface area (Å²) in [7, 11) is -1.48. The second-order valence-corrected chi connectivity index (χ2v) is 7.26. The van der Waals surface area contributed by atoms with Gasteiger partial charge in [-0.1, -0.05) is 6.07 Å². The minimum Gasteiger partial charge on any atom is -0.434 e. The molecule has 2 amide bonds. The third kappa shape index (κ3) is 3.03. The Morgan fingerprint density at radius 3 is 2.71 bits per heavy atom. The number of cyclic esters (lactones) is 1. The summed E-state index contributed by atoms with van der Waals surface area (Å²) in [4.78, 5) is 35.6. The van der Waals surface area contributed by atoms with E-state index in [2.05, 4.69) is 0 Å². The van der Waals surface area contributed by atoms with Crippen LogP contribution in [0.1, 0.15) is 24.3 Å². The molecular formula is C15H15FN2O5S. The van der Waals surface area contributed by atoms with Gasteiger partial charge in [0.15, 0.2) is 6.10 Å². The minimum absolute atomic E-state index is 0.0401. The van der Waals surface area contributed by atoms with E-state index in [0.717, 1.165) is 11.0 Å². The number of primary amides is 1. The van der Waals surface area contributed by atoms with Crippen LogP contribution in [0.4, 0.5) is 14.9 Å². The standard InChI is InChI=1S/C15H15FN2O5S/c16-11-6-9(18-7-12(14(17)20)23-15(18)21)1-2-10(11)8-3-4-24(22)13(19)5-8/h1-2,6,8,12H,3-5,7H2,(H2,17,20)/t8-,12-,24-/m1/s1. The van der Waals surface area contributed by atoms with Gasteiger partial charge in [0, 0.05) is 12.2 Å². The van der Waals surface area contributed by atoms with Crippen molar-refractivity contribution in [3.8, 4) is 0 Å². The highest BCUT2D eigenvalue weighted by Gasteiger charge is 2.36. The summed E-state index contributed by atoms with van der Waals surface area (Å²) in [6, 6.07) is 4.19. The van der Waals surface area contributed by atoms with Crippen LogP contribution in [0.25, 0.3) is 0 Å². The van der Waals surface area contributed by atoms with Crippen LogP contribution >= 0.6 is 0 Å². The summed E-state index contributed by atoms with van der Waals surface area (Å²) in [5.41, 5.74) is 5.70. The number of nitrogens with two attached hydrogens (primary N) is 1. The highest BCUT2D eigenvalue weighted by molar-refractivity contribution is 8.00. The molecule has 0 spiro atoms. The number of rotatable bonds is 3. The fourth-order valence-corrected chi connectivity index (χ4v) is 3.97. The molecule has 2 heterocycles. The molecule has 7 nitrogen and oxygen atoms in total. The summed E-state index contributed by atoms with van der Waals surface area (Å²) in [6.45, 7) is -0.0755. The normalized spacial score (nSPS) is 27.2. The first-order chi connectivity index (χ1) is 11.4. The number of ether oxygens (including phenoxy) is 1. The second kappa shape index (κ2) is 6.31. The number of carbonyl (C=O) groups excluding carboxylic acids is 3. The third-order valence-corrected chi connectivity index (χ3v) is 5.46. The number of anilines is 1. The zero-order chi connectivity index (χ0) is 17.4. The third-order valence-electron chi connectivity index (χ3n) is 4.18. The summed E-state index contributed by atoms with van der Waals surface area (Å²) in [5.74, 6) is -1.43. The van der Waals surface area contributed by atoms with Crippen molar-refractivity contribution in [3.05, 3.63) is 29.6 Å². The van der Waals surface area contributed by atoms with Crippen molar-refractivity contribution in [2.45, 2.75) is 24.9 Å². The van der Waals surface area contributed by atoms with Crippen molar-refractivity contribution < 1.29 is 27.7 Å². The van der Waals surface area contributed by atoms with Gasteiger partial charge in [0.05, 0.1) is 23.0 Å². The van der Waals surface area contributed by atoms with E-state index in [4.69, 9.17) is 10.5 Å². The summed E-state index contributed by atoms with van der Waals surface area (Å²) >= 11 is 0. The average Bonchev–Trinajstić information content (AvgIpc) is 2.92. The van der Waals surface area contributed by atoms with Gasteiger partial charge in [0.25, 0.3) is 5.91 Å². The topological polar surface area (TPSA) is 107 Å². The molecule has 3 rings (SSSR count). The number of carbonyl (C=O) groups is 3. The van der Waals surface area contributed by atoms with E-state index < -0.39 is 34.7 Å². The molecule has 0 bridgehead atoms. The van der Waals surface area contributed by atoms with Crippen LogP contribution in [0.5, 0.6) is 0 Å². The summed E-state index contributed by atoms with van der Waals surface area (Å²) in [5, 5.41) is -0.373. The van der Waals surface area contributed by atoms with Gasteiger partial charge in [-0.15, -0.1) is 0 Å². The summed E-state index contributed by atoms with van der Waals surface area (Å²) < 4.78 is 30.6. The molecule has 2 N–H and O–H groups in total. The Kier molecular flexibility index (Phi) is 4.35. The smallest absolute Gasteiger partial charge is 0.415 e. The molecule has 0 aromatic heterocycles. The Balaban J connectivity index is 1.80. The van der Waals surface area contributed by atoms with Crippen molar-refractivity contribution in [3.63, 3.8) is 0 Å². The maximum atomic E-state index is 14.4. The van der Waals surface area contributed by atoms with Crippen molar-refractivity contribution in [1.82, 2.24) is 0 Å². The van der Waals surface area contributed by atoms with E-state index in [1.807, 2.05) is 0 Å². The monoisotopic (exact) mass is 354 g/mol. The zero-order valence-corrected chi connectivity index (χ0v) is 13.4. The highest BCUT2D eigenvalue weighted by Crippen LogP contribution is 2.33. The molecule has 0 unspecified atom stereocenters. The van der Waals surface area contributed by atoms with Gasteiger partial charge in [-0.3, -0.25) is 18.7 Å². The van der Waals surface area contributed by atoms with Gasteiger partial charge in [-0.25, -0.2) is 9.18 Å². The molecule has 0 saturated carbocycles. The van der Waals surface area contributed by atoms with Crippen molar-refractivity contribution in [1.29, 1.82) is 0 Å². The van der Waals surface area contributed by atoms with Crippen molar-refractivity contribution >= 4 is 33.6 Å². The highest BCUT2D eigenvalue weighted by atomic mass is 32.2. The van der Waals surface area contributed by atoms with Gasteiger partial charge in [-0.05, 0) is 30.0 Å². The first kappa shape index (κ1) is 16.6. The van der Waals surface area contributed by atoms with Crippen molar-refractivity contribution in [2.24, 2.45) is 5.73 Å². The molecule has 128 valence electrons. The van der Waals surface area contributed by atoms with E-state index in [9.17, 15) is 23.0 Å². The Hall–Kier alpha value is -2.29. The number of benzene rings is 1. The van der Waals surface area contributed by atoms with Gasteiger partial charge < -0.3 is 10.5 Å². The first-order valence-corrected chi connectivity index (χ1v) is 8.67. The largest absolute Gasteiger partial charge is 0.434 e. The molecule has 9 heteroatoms. The molecule has 2 saturated heterocycles. The van der Waals surface area contributed by atoms with Crippen LogP contribution in [-0.4, -0.2) is 39.7 Å². The van der Waals surface area contributed by atoms with Crippen molar-refractivity contribution in [2.75, 3.05) is 17.2 Å². The van der Waals surface area contributed by atoms with E-state index in [1.54, 1.807) is 0 Å². The second-order valence-electron chi connectivity index (χ2n) is 5.70. The van der Waals surface area contributed by atoms with Crippen LogP contribution in [0.3, 0.4) is 0 Å². The lowest BCUT2D eigenvalue weighted by Gasteiger charge is -2.22. The fourth-order valence-electron chi connectivity index (χ4n) is 2.86. The van der Waals surface area contributed by atoms with Crippen LogP contribution in [0, 0.1) is 5.82 Å². The van der Waals surface area contributed by atoms with Gasteiger partial charge >= 0.3 is 6.09 Å². The van der Waals surface area contributed by atoms with E-state index in [1.165, 1.54) is 12.1 Å². The quantitative estimate of drug-likeness (QED) is 0.864. The molecule has 0 radical (unpaired) electrons. The van der Waals surface area contributed by atoms with E-state index in [0.29, 0.717) is 12.0 Å². The molecule has 0 aliphatic carbocycles. The van der Waals surface area contributed by atoms with Crippen LogP contribution in [0.15, 0.2) is 18.2 Å². The number of hydrogen-bond donors (Lipinski definition) is 1. The molecule has 24 heavy (non-hydrogen) atoms. The lowest BCUT2D eigenvalue weighted by atomic mass is 9.92. The van der Waals surface area contributed by atoms with Gasteiger partial charge in [0.2, 0.25) is 5.12 Å². The molecular weight excluding hydrogens is 339 g/mol. The Morgan fingerprint density at radius 1 is 1.38 bits per heavy atom. The Morgan fingerprint density at radius 2 is 2.12 bits per heavy atom. The SMILES string of the molecule is NC(=O)[C@H]1CN(c2ccc([C@@H]3CC[S@@](=O)C(=O)C3)c(F)c2)C(=O)O1. The molecule has 1 aromatic rings. The Labute approximate surface area is 139 Å².